The first-order valence-corrected chi connectivity index (χ1v) is 9.27. The fraction of sp³-hybridized carbons (Fsp3) is 1.00. The van der Waals surface area contributed by atoms with Gasteiger partial charge in [0.05, 0.1) is 45.4 Å². The predicted molar refractivity (Wildman–Crippen MR) is 81.0 cm³/mol. The van der Waals surface area contributed by atoms with Crippen LogP contribution >= 0.6 is 0 Å². The lowest BCUT2D eigenvalue weighted by atomic mass is 10.1. The van der Waals surface area contributed by atoms with Crippen LogP contribution in [0.4, 0.5) is 0 Å². The number of rotatable bonds is 11. The third-order valence-electron chi connectivity index (χ3n) is 3.23. The lowest BCUT2D eigenvalue weighted by Crippen LogP contribution is -2.34. The van der Waals surface area contributed by atoms with Gasteiger partial charge in [-0.1, -0.05) is 0 Å². The molecule has 0 aromatic rings. The molecule has 1 N–H and O–H groups in total. The third-order valence-corrected chi connectivity index (χ3v) is 3.96. The van der Waals surface area contributed by atoms with E-state index in [1.165, 1.54) is 0 Å². The molecule has 0 spiro atoms. The molecule has 1 saturated heterocycles. The molecule has 0 saturated carbocycles. The first-order valence-electron chi connectivity index (χ1n) is 7.37. The smallest absolute Gasteiger partial charge is 0.208 e. The summed E-state index contributed by atoms with van der Waals surface area (Å²) in [7, 11) is -0.994. The predicted octanol–water partition coefficient (Wildman–Crippen LogP) is -0.320. The Morgan fingerprint density at radius 2 is 1.62 bits per heavy atom. The molecule has 0 aromatic heterocycles. The van der Waals surface area contributed by atoms with Gasteiger partial charge in [0.1, 0.15) is 0 Å². The summed E-state index contributed by atoms with van der Waals surface area (Å²) in [5.41, 5.74) is 0. The van der Waals surface area contributed by atoms with Crippen LogP contribution in [0.5, 0.6) is 0 Å². The van der Waals surface area contributed by atoms with E-state index in [0.29, 0.717) is 39.1 Å². The van der Waals surface area contributed by atoms with Gasteiger partial charge in [-0.15, -0.1) is 0 Å². The van der Waals surface area contributed by atoms with Crippen molar-refractivity contribution in [1.29, 1.82) is 0 Å². The molecule has 0 aliphatic carbocycles. The van der Waals surface area contributed by atoms with Crippen LogP contribution in [-0.4, -0.2) is 85.4 Å². The van der Waals surface area contributed by atoms with Gasteiger partial charge >= 0.3 is 0 Å². The second kappa shape index (κ2) is 10.5. The quantitative estimate of drug-likeness (QED) is 0.525. The number of hydrogen-bond donors (Lipinski definition) is 1. The van der Waals surface area contributed by atoms with E-state index < -0.39 is 10.0 Å². The molecular weight excluding hydrogens is 296 g/mol. The normalized spacial score (nSPS) is 18.2. The second-order valence-corrected chi connectivity index (χ2v) is 7.10. The van der Waals surface area contributed by atoms with Gasteiger partial charge in [0.25, 0.3) is 0 Å². The molecule has 0 bridgehead atoms. The number of likely N-dealkylation sites (tertiary alicyclic amines) is 1. The van der Waals surface area contributed by atoms with E-state index in [9.17, 15) is 8.42 Å². The van der Waals surface area contributed by atoms with Gasteiger partial charge in [-0.3, -0.25) is 0 Å². The third kappa shape index (κ3) is 11.0. The zero-order chi connectivity index (χ0) is 15.6. The molecule has 1 aliphatic heterocycles. The lowest BCUT2D eigenvalue weighted by molar-refractivity contribution is -0.0285. The molecule has 0 aromatic carbocycles. The fourth-order valence-corrected chi connectivity index (χ4v) is 2.50. The van der Waals surface area contributed by atoms with Crippen molar-refractivity contribution < 1.29 is 22.6 Å². The monoisotopic (exact) mass is 324 g/mol. The summed E-state index contributed by atoms with van der Waals surface area (Å²) < 4.78 is 40.3. The minimum Gasteiger partial charge on any atom is -0.378 e. The summed E-state index contributed by atoms with van der Waals surface area (Å²) in [6.07, 6.45) is 3.67. The zero-order valence-corrected chi connectivity index (χ0v) is 13.9. The van der Waals surface area contributed by atoms with Crippen molar-refractivity contribution in [3.8, 4) is 0 Å². The van der Waals surface area contributed by atoms with E-state index in [1.807, 2.05) is 0 Å². The van der Waals surface area contributed by atoms with Gasteiger partial charge in [0.2, 0.25) is 10.0 Å². The number of nitrogens with one attached hydrogen (secondary N) is 1. The summed E-state index contributed by atoms with van der Waals surface area (Å²) in [6, 6.07) is 0. The van der Waals surface area contributed by atoms with Gasteiger partial charge in [-0.25, -0.2) is 13.1 Å². The highest BCUT2D eigenvalue weighted by Crippen LogP contribution is 2.11. The number of nitrogens with zero attached hydrogens (tertiary/aromatic N) is 1. The Hall–Kier alpha value is -0.250. The van der Waals surface area contributed by atoms with Crippen molar-refractivity contribution in [2.75, 3.05) is 66.0 Å². The van der Waals surface area contributed by atoms with Crippen LogP contribution in [0.1, 0.15) is 12.8 Å². The van der Waals surface area contributed by atoms with Gasteiger partial charge in [-0.05, 0) is 19.9 Å². The summed E-state index contributed by atoms with van der Waals surface area (Å²) in [4.78, 5) is 2.31. The van der Waals surface area contributed by atoms with Crippen molar-refractivity contribution in [1.82, 2.24) is 9.62 Å². The first kappa shape index (κ1) is 18.8. The van der Waals surface area contributed by atoms with E-state index in [2.05, 4.69) is 16.7 Å². The summed E-state index contributed by atoms with van der Waals surface area (Å²) in [5, 5.41) is 0. The molecule has 21 heavy (non-hydrogen) atoms. The van der Waals surface area contributed by atoms with Crippen molar-refractivity contribution in [3.63, 3.8) is 0 Å². The van der Waals surface area contributed by atoms with E-state index in [1.54, 1.807) is 0 Å². The Kier molecular flexibility index (Phi) is 9.37. The Labute approximate surface area is 128 Å². The van der Waals surface area contributed by atoms with Crippen LogP contribution in [0, 0.1) is 0 Å². The Morgan fingerprint density at radius 3 is 2.24 bits per heavy atom. The van der Waals surface area contributed by atoms with E-state index in [-0.39, 0.29) is 6.54 Å². The van der Waals surface area contributed by atoms with E-state index >= 15 is 0 Å². The molecular formula is C13H28N2O5S. The fourth-order valence-electron chi connectivity index (χ4n) is 2.05. The van der Waals surface area contributed by atoms with Crippen LogP contribution in [0.25, 0.3) is 0 Å². The number of piperidine rings is 1. The average molecular weight is 324 g/mol. The SMILES string of the molecule is CN1CCC(OCCOCCOCCNS(C)(=O)=O)CC1. The minimum absolute atomic E-state index is 0.290. The maximum Gasteiger partial charge on any atom is 0.208 e. The lowest BCUT2D eigenvalue weighted by Gasteiger charge is -2.28. The first-order chi connectivity index (χ1) is 9.97. The number of sulfonamides is 1. The largest absolute Gasteiger partial charge is 0.378 e. The summed E-state index contributed by atoms with van der Waals surface area (Å²) in [6.45, 7) is 4.97. The van der Waals surface area contributed by atoms with Crippen molar-refractivity contribution >= 4 is 10.0 Å². The van der Waals surface area contributed by atoms with Crippen molar-refractivity contribution in [2.24, 2.45) is 0 Å². The second-order valence-electron chi connectivity index (χ2n) is 5.26. The zero-order valence-electron chi connectivity index (χ0n) is 13.0. The van der Waals surface area contributed by atoms with Crippen LogP contribution in [0.3, 0.4) is 0 Å². The Morgan fingerprint density at radius 1 is 1.05 bits per heavy atom. The highest BCUT2D eigenvalue weighted by Gasteiger charge is 2.16. The van der Waals surface area contributed by atoms with E-state index in [0.717, 1.165) is 32.2 Å². The van der Waals surface area contributed by atoms with Crippen LogP contribution < -0.4 is 4.72 Å². The van der Waals surface area contributed by atoms with Crippen LogP contribution in [-0.2, 0) is 24.2 Å². The number of ether oxygens (including phenoxy) is 3. The van der Waals surface area contributed by atoms with Crippen molar-refractivity contribution in [3.05, 3.63) is 0 Å². The van der Waals surface area contributed by atoms with Crippen LogP contribution in [0.2, 0.25) is 0 Å². The molecule has 0 unspecified atom stereocenters. The minimum atomic E-state index is -3.12. The molecule has 0 amide bonds. The molecule has 1 fully saturated rings. The van der Waals surface area contributed by atoms with Gasteiger partial charge in [0.15, 0.2) is 0 Å². The average Bonchev–Trinajstić information content (AvgIpc) is 2.42. The van der Waals surface area contributed by atoms with E-state index in [4.69, 9.17) is 14.2 Å². The molecule has 7 nitrogen and oxygen atoms in total. The molecule has 1 aliphatic rings. The topological polar surface area (TPSA) is 77.1 Å². The van der Waals surface area contributed by atoms with Gasteiger partial charge in [-0.2, -0.15) is 0 Å². The van der Waals surface area contributed by atoms with Crippen LogP contribution in [0.15, 0.2) is 0 Å². The highest BCUT2D eigenvalue weighted by atomic mass is 32.2. The van der Waals surface area contributed by atoms with Gasteiger partial charge in [0, 0.05) is 19.6 Å². The maximum absolute atomic E-state index is 10.8. The molecule has 0 atom stereocenters. The Balaban J connectivity index is 1.80. The highest BCUT2D eigenvalue weighted by molar-refractivity contribution is 7.88. The standard InChI is InChI=1S/C13H28N2O5S/c1-15-6-3-13(4-7-15)20-12-11-19-10-9-18-8-5-14-21(2,16)17/h13-14H,3-12H2,1-2H3. The molecule has 1 rings (SSSR count). The molecule has 126 valence electrons. The van der Waals surface area contributed by atoms with Crippen molar-refractivity contribution in [2.45, 2.75) is 18.9 Å². The molecule has 1 heterocycles. The molecule has 8 heteroatoms. The maximum atomic E-state index is 10.8. The summed E-state index contributed by atoms with van der Waals surface area (Å²) in [5.74, 6) is 0. The molecule has 0 radical (unpaired) electrons. The Bertz CT molecular complexity index is 356. The number of hydrogen-bond acceptors (Lipinski definition) is 6. The summed E-state index contributed by atoms with van der Waals surface area (Å²) >= 11 is 0. The van der Waals surface area contributed by atoms with Gasteiger partial charge < -0.3 is 19.1 Å².